The Balaban J connectivity index is 1.87. The Morgan fingerprint density at radius 2 is 1.11 bits per heavy atom. The van der Waals surface area contributed by atoms with Gasteiger partial charge in [0.05, 0.1) is 0 Å². The van der Waals surface area contributed by atoms with Gasteiger partial charge in [-0.25, -0.2) is 9.36 Å². The van der Waals surface area contributed by atoms with Gasteiger partial charge in [-0.15, -0.1) is 0 Å². The molecule has 1 aromatic rings. The van der Waals surface area contributed by atoms with Crippen LogP contribution in [-0.2, 0) is 6.54 Å². The molecule has 1 rings (SSSR count). The van der Waals surface area contributed by atoms with E-state index < -0.39 is 5.76 Å². The van der Waals surface area contributed by atoms with E-state index in [0.29, 0.717) is 12.3 Å². The van der Waals surface area contributed by atoms with Gasteiger partial charge in [0.2, 0.25) is 0 Å². The maximum absolute atomic E-state index is 11.8. The highest BCUT2D eigenvalue weighted by molar-refractivity contribution is 4.91. The van der Waals surface area contributed by atoms with E-state index in [4.69, 9.17) is 4.42 Å². The molecule has 27 heavy (non-hydrogen) atoms. The maximum Gasteiger partial charge on any atom is 0.421 e. The fourth-order valence-electron chi connectivity index (χ4n) is 3.58. The van der Waals surface area contributed by atoms with Gasteiger partial charge in [0, 0.05) is 12.6 Å². The van der Waals surface area contributed by atoms with Crippen molar-refractivity contribution in [3.8, 4) is 0 Å². The van der Waals surface area contributed by atoms with E-state index in [9.17, 15) is 9.59 Å². The van der Waals surface area contributed by atoms with E-state index in [0.717, 1.165) is 12.8 Å². The molecule has 0 amide bonds. The van der Waals surface area contributed by atoms with Crippen LogP contribution in [0.4, 0.5) is 0 Å². The van der Waals surface area contributed by atoms with Crippen LogP contribution in [-0.4, -0.2) is 4.57 Å². The Morgan fingerprint density at radius 3 is 1.52 bits per heavy atom. The van der Waals surface area contributed by atoms with Crippen LogP contribution >= 0.6 is 0 Å². The lowest BCUT2D eigenvalue weighted by Crippen LogP contribution is -2.32. The van der Waals surface area contributed by atoms with Crippen molar-refractivity contribution < 1.29 is 4.42 Å². The zero-order chi connectivity index (χ0) is 19.7. The number of rotatable bonds is 17. The Labute approximate surface area is 165 Å². The second-order valence-electron chi connectivity index (χ2n) is 7.92. The van der Waals surface area contributed by atoms with Crippen molar-refractivity contribution in [2.45, 2.75) is 123 Å². The summed E-state index contributed by atoms with van der Waals surface area (Å²) in [5.41, 5.74) is -0.246. The van der Waals surface area contributed by atoms with Crippen molar-refractivity contribution in [2.75, 3.05) is 0 Å². The Bertz CT molecular complexity index is 557. The predicted molar refractivity (Wildman–Crippen MR) is 114 cm³/mol. The normalized spacial score (nSPS) is 11.2. The van der Waals surface area contributed by atoms with Crippen LogP contribution in [0, 0.1) is 6.92 Å². The molecule has 0 radical (unpaired) electrons. The summed E-state index contributed by atoms with van der Waals surface area (Å²) in [5.74, 6) is -0.144. The molecule has 0 aliphatic rings. The molecule has 0 saturated carbocycles. The number of aromatic nitrogens is 1. The summed E-state index contributed by atoms with van der Waals surface area (Å²) in [6, 6.07) is 1.38. The lowest BCUT2D eigenvalue weighted by molar-refractivity contribution is 0.390. The predicted octanol–water partition coefficient (Wildman–Crippen LogP) is 6.37. The fraction of sp³-hybridized carbons (Fsp3) is 0.826. The number of aryl methyl sites for hydroxylation is 1. The number of unbranched alkanes of at least 4 members (excludes halogenated alkanes) is 15. The van der Waals surface area contributed by atoms with Gasteiger partial charge in [-0.05, 0) is 13.3 Å². The Morgan fingerprint density at radius 1 is 0.704 bits per heavy atom. The molecule has 0 atom stereocenters. The molecule has 0 fully saturated rings. The molecule has 4 heteroatoms. The van der Waals surface area contributed by atoms with Gasteiger partial charge >= 0.3 is 5.76 Å². The van der Waals surface area contributed by atoms with Crippen LogP contribution in [0.25, 0.3) is 0 Å². The van der Waals surface area contributed by atoms with E-state index >= 15 is 0 Å². The van der Waals surface area contributed by atoms with Crippen molar-refractivity contribution in [3.63, 3.8) is 0 Å². The molecule has 0 bridgehead atoms. The van der Waals surface area contributed by atoms with Gasteiger partial charge in [-0.1, -0.05) is 103 Å². The molecule has 0 N–H and O–H groups in total. The smallest absolute Gasteiger partial charge is 0.415 e. The van der Waals surface area contributed by atoms with Crippen LogP contribution in [0.2, 0.25) is 0 Å². The molecule has 4 nitrogen and oxygen atoms in total. The SMILES string of the molecule is CCCCCCCCCCCCCCCCCCn1c(=O)cc(C)oc1=O. The van der Waals surface area contributed by atoms with Gasteiger partial charge in [-0.2, -0.15) is 0 Å². The average Bonchev–Trinajstić information content (AvgIpc) is 2.63. The van der Waals surface area contributed by atoms with E-state index in [-0.39, 0.29) is 5.56 Å². The first-order valence-corrected chi connectivity index (χ1v) is 11.4. The zero-order valence-electron chi connectivity index (χ0n) is 17.8. The van der Waals surface area contributed by atoms with E-state index in [1.54, 1.807) is 6.92 Å². The quantitative estimate of drug-likeness (QED) is 0.295. The van der Waals surface area contributed by atoms with Crippen LogP contribution in [0.5, 0.6) is 0 Å². The third-order valence-electron chi connectivity index (χ3n) is 5.30. The van der Waals surface area contributed by atoms with Gasteiger partial charge in [0.1, 0.15) is 5.76 Å². The van der Waals surface area contributed by atoms with Crippen molar-refractivity contribution in [3.05, 3.63) is 32.7 Å². The topological polar surface area (TPSA) is 52.2 Å². The molecule has 0 spiro atoms. The molecule has 0 aliphatic heterocycles. The summed E-state index contributed by atoms with van der Waals surface area (Å²) >= 11 is 0. The lowest BCUT2D eigenvalue weighted by atomic mass is 10.0. The van der Waals surface area contributed by atoms with Crippen molar-refractivity contribution in [2.24, 2.45) is 0 Å². The molecular weight excluding hydrogens is 338 g/mol. The second-order valence-corrected chi connectivity index (χ2v) is 7.92. The number of hydrogen-bond donors (Lipinski definition) is 0. The Kier molecular flexibility index (Phi) is 13.8. The third-order valence-corrected chi connectivity index (χ3v) is 5.30. The second kappa shape index (κ2) is 15.7. The molecule has 0 aromatic carbocycles. The molecule has 1 heterocycles. The highest BCUT2D eigenvalue weighted by atomic mass is 16.4. The Hall–Kier alpha value is -1.32. The minimum atomic E-state index is -0.527. The standard InChI is InChI=1S/C23H41NO3/c1-3-4-5-6-7-8-9-10-11-12-13-14-15-16-17-18-19-24-22(25)20-21(2)27-23(24)26/h20H,3-19H2,1-2H3. The summed E-state index contributed by atoms with van der Waals surface area (Å²) in [7, 11) is 0. The van der Waals surface area contributed by atoms with Crippen LogP contribution in [0.1, 0.15) is 115 Å². The summed E-state index contributed by atoms with van der Waals surface area (Å²) < 4.78 is 6.18. The monoisotopic (exact) mass is 379 g/mol. The van der Waals surface area contributed by atoms with Gasteiger partial charge in [0.15, 0.2) is 0 Å². The van der Waals surface area contributed by atoms with Crippen molar-refractivity contribution in [1.29, 1.82) is 0 Å². The van der Waals surface area contributed by atoms with E-state index in [1.807, 2.05) is 0 Å². The number of nitrogens with zero attached hydrogens (tertiary/aromatic N) is 1. The minimum Gasteiger partial charge on any atom is -0.415 e. The largest absolute Gasteiger partial charge is 0.421 e. The lowest BCUT2D eigenvalue weighted by Gasteiger charge is -2.05. The highest BCUT2D eigenvalue weighted by Gasteiger charge is 2.03. The number of hydrogen-bond acceptors (Lipinski definition) is 3. The van der Waals surface area contributed by atoms with Crippen molar-refractivity contribution in [1.82, 2.24) is 4.57 Å². The van der Waals surface area contributed by atoms with Crippen LogP contribution in [0.15, 0.2) is 20.1 Å². The summed E-state index contributed by atoms with van der Waals surface area (Å²) in [6.45, 7) is 4.37. The van der Waals surface area contributed by atoms with E-state index in [1.165, 1.54) is 101 Å². The summed E-state index contributed by atoms with van der Waals surface area (Å²) in [5, 5.41) is 0. The summed E-state index contributed by atoms with van der Waals surface area (Å²) in [4.78, 5) is 23.4. The molecule has 156 valence electrons. The first-order valence-electron chi connectivity index (χ1n) is 11.4. The fourth-order valence-corrected chi connectivity index (χ4v) is 3.58. The minimum absolute atomic E-state index is 0.246. The molecule has 0 saturated heterocycles. The van der Waals surface area contributed by atoms with Gasteiger partial charge in [-0.3, -0.25) is 4.79 Å². The first-order chi connectivity index (χ1) is 13.1. The zero-order valence-corrected chi connectivity index (χ0v) is 17.8. The highest BCUT2D eigenvalue weighted by Crippen LogP contribution is 2.13. The molecule has 0 unspecified atom stereocenters. The van der Waals surface area contributed by atoms with Gasteiger partial charge in [0.25, 0.3) is 5.56 Å². The molecule has 0 aliphatic carbocycles. The molecule has 1 aromatic heterocycles. The van der Waals surface area contributed by atoms with Crippen LogP contribution in [0.3, 0.4) is 0 Å². The summed E-state index contributed by atoms with van der Waals surface area (Å²) in [6.07, 6.45) is 21.1. The third kappa shape index (κ3) is 11.9. The first kappa shape index (κ1) is 23.7. The van der Waals surface area contributed by atoms with E-state index in [2.05, 4.69) is 6.92 Å². The maximum atomic E-state index is 11.8. The average molecular weight is 380 g/mol. The van der Waals surface area contributed by atoms with Gasteiger partial charge < -0.3 is 4.42 Å². The van der Waals surface area contributed by atoms with Crippen LogP contribution < -0.4 is 11.3 Å². The van der Waals surface area contributed by atoms with Crippen molar-refractivity contribution >= 4 is 0 Å². The molecular formula is C23H41NO3.